The minimum absolute atomic E-state index is 0.00337. The predicted molar refractivity (Wildman–Crippen MR) is 121 cm³/mol. The molecule has 0 saturated carbocycles. The number of aliphatic hydroxyl groups is 1. The van der Waals surface area contributed by atoms with Gasteiger partial charge in [0.05, 0.1) is 6.54 Å². The van der Waals surface area contributed by atoms with Gasteiger partial charge >= 0.3 is 18.4 Å². The van der Waals surface area contributed by atoms with Crippen LogP contribution in [0.3, 0.4) is 0 Å². The number of urea groups is 1. The number of nitrogens with zero attached hydrogens (tertiary/aromatic N) is 2. The quantitative estimate of drug-likeness (QED) is 0.355. The molecule has 6 nitrogen and oxygen atoms in total. The molecule has 0 spiro atoms. The molecule has 0 aliphatic carbocycles. The standard InChI is InChI=1S/C25H26F6N2O4/c1-5-7-16-13-17(23(36,24(26,27)28)25(29,30)31)10-11-19(16)37-18-9-6-8-15(12-18)14-33-20(34)22(2,3)32(4)21(33)35/h6,8-13,36H,5,7,14H2,1-4H3. The molecule has 0 atom stereocenters. The van der Waals surface area contributed by atoms with E-state index in [4.69, 9.17) is 4.74 Å². The molecule has 0 radical (unpaired) electrons. The topological polar surface area (TPSA) is 70.1 Å². The van der Waals surface area contributed by atoms with Gasteiger partial charge in [-0.2, -0.15) is 26.3 Å². The number of rotatable bonds is 7. The van der Waals surface area contributed by atoms with Crippen molar-refractivity contribution in [2.45, 2.75) is 63.7 Å². The van der Waals surface area contributed by atoms with Crippen molar-refractivity contribution in [1.29, 1.82) is 0 Å². The molecule has 1 aliphatic heterocycles. The van der Waals surface area contributed by atoms with E-state index in [9.17, 15) is 41.0 Å². The predicted octanol–water partition coefficient (Wildman–Crippen LogP) is 5.92. The maximum atomic E-state index is 13.3. The molecule has 3 rings (SSSR count). The van der Waals surface area contributed by atoms with E-state index in [-0.39, 0.29) is 30.0 Å². The molecule has 1 fully saturated rings. The lowest BCUT2D eigenvalue weighted by Crippen LogP contribution is -2.53. The lowest BCUT2D eigenvalue weighted by molar-refractivity contribution is -0.376. The van der Waals surface area contributed by atoms with Crippen molar-refractivity contribution < 1.29 is 45.8 Å². The second-order valence-electron chi connectivity index (χ2n) is 9.32. The zero-order valence-electron chi connectivity index (χ0n) is 20.5. The van der Waals surface area contributed by atoms with Gasteiger partial charge in [0.1, 0.15) is 17.0 Å². The van der Waals surface area contributed by atoms with Crippen LogP contribution in [0.4, 0.5) is 31.1 Å². The van der Waals surface area contributed by atoms with Crippen molar-refractivity contribution in [3.8, 4) is 11.5 Å². The van der Waals surface area contributed by atoms with E-state index in [1.807, 2.05) is 0 Å². The summed E-state index contributed by atoms with van der Waals surface area (Å²) >= 11 is 0. The average molecular weight is 532 g/mol. The van der Waals surface area contributed by atoms with E-state index in [2.05, 4.69) is 0 Å². The molecule has 1 N–H and O–H groups in total. The van der Waals surface area contributed by atoms with Gasteiger partial charge in [0, 0.05) is 12.6 Å². The summed E-state index contributed by atoms with van der Waals surface area (Å²) in [7, 11) is 1.51. The van der Waals surface area contributed by atoms with Gasteiger partial charge in [-0.05, 0) is 55.7 Å². The Balaban J connectivity index is 1.92. The van der Waals surface area contributed by atoms with Crippen LogP contribution in [0.2, 0.25) is 0 Å². The Morgan fingerprint density at radius 1 is 0.973 bits per heavy atom. The molecule has 0 unspecified atom stereocenters. The Morgan fingerprint density at radius 3 is 2.11 bits per heavy atom. The Morgan fingerprint density at radius 2 is 1.59 bits per heavy atom. The number of amides is 3. The number of imide groups is 1. The maximum Gasteiger partial charge on any atom is 0.430 e. The van der Waals surface area contributed by atoms with Crippen molar-refractivity contribution in [2.24, 2.45) is 0 Å². The molecule has 2 aromatic carbocycles. The molecule has 12 heteroatoms. The summed E-state index contributed by atoms with van der Waals surface area (Å²) in [5.74, 6) is -0.200. The van der Waals surface area contributed by atoms with E-state index in [1.165, 1.54) is 24.1 Å². The first kappa shape index (κ1) is 28.3. The van der Waals surface area contributed by atoms with E-state index in [0.29, 0.717) is 24.1 Å². The minimum atomic E-state index is -6.00. The van der Waals surface area contributed by atoms with Gasteiger partial charge in [-0.15, -0.1) is 0 Å². The fraction of sp³-hybridized carbons (Fsp3) is 0.440. The van der Waals surface area contributed by atoms with E-state index < -0.39 is 41.0 Å². The first-order chi connectivity index (χ1) is 16.9. The number of alkyl halides is 6. The Kier molecular flexibility index (Phi) is 7.30. The van der Waals surface area contributed by atoms with E-state index in [0.717, 1.165) is 11.0 Å². The van der Waals surface area contributed by atoms with Gasteiger partial charge in [-0.3, -0.25) is 9.69 Å². The van der Waals surface area contributed by atoms with Gasteiger partial charge in [0.2, 0.25) is 0 Å². The summed E-state index contributed by atoms with van der Waals surface area (Å²) < 4.78 is 85.8. The molecular formula is C25H26F6N2O4. The highest BCUT2D eigenvalue weighted by Crippen LogP contribution is 2.50. The van der Waals surface area contributed by atoms with Crippen LogP contribution in [-0.4, -0.2) is 51.8 Å². The monoisotopic (exact) mass is 532 g/mol. The second-order valence-corrected chi connectivity index (χ2v) is 9.32. The number of carbonyl (C=O) groups excluding carboxylic acids is 2. The first-order valence-electron chi connectivity index (χ1n) is 11.3. The Labute approximate surface area is 209 Å². The molecule has 202 valence electrons. The Bertz CT molecular complexity index is 1180. The fourth-order valence-corrected chi connectivity index (χ4v) is 3.99. The zero-order valence-corrected chi connectivity index (χ0v) is 20.5. The van der Waals surface area contributed by atoms with Crippen LogP contribution < -0.4 is 4.74 Å². The summed E-state index contributed by atoms with van der Waals surface area (Å²) in [6, 6.07) is 7.87. The molecule has 2 aromatic rings. The molecule has 37 heavy (non-hydrogen) atoms. The lowest BCUT2D eigenvalue weighted by atomic mass is 9.90. The summed E-state index contributed by atoms with van der Waals surface area (Å²) in [6.07, 6.45) is -11.6. The molecule has 0 aromatic heterocycles. The fourth-order valence-electron chi connectivity index (χ4n) is 3.99. The van der Waals surface area contributed by atoms with E-state index in [1.54, 1.807) is 32.9 Å². The normalized spacial score (nSPS) is 16.5. The number of hydrogen-bond acceptors (Lipinski definition) is 4. The molecular weight excluding hydrogens is 506 g/mol. The second kappa shape index (κ2) is 9.55. The highest BCUT2D eigenvalue weighted by molar-refractivity contribution is 6.06. The van der Waals surface area contributed by atoms with Crippen LogP contribution in [0.5, 0.6) is 11.5 Å². The molecule has 3 amide bonds. The van der Waals surface area contributed by atoms with Gasteiger partial charge < -0.3 is 14.7 Å². The number of aryl methyl sites for hydroxylation is 1. The smallest absolute Gasteiger partial charge is 0.430 e. The summed E-state index contributed by atoms with van der Waals surface area (Å²) in [5.41, 5.74) is -6.88. The van der Waals surface area contributed by atoms with Crippen molar-refractivity contribution in [3.05, 3.63) is 59.2 Å². The summed E-state index contributed by atoms with van der Waals surface area (Å²) in [6.45, 7) is 4.85. The Hall–Kier alpha value is -3.28. The van der Waals surface area contributed by atoms with Gasteiger partial charge in [-0.25, -0.2) is 4.79 Å². The lowest BCUT2D eigenvalue weighted by Gasteiger charge is -2.33. The van der Waals surface area contributed by atoms with Crippen LogP contribution in [0.25, 0.3) is 0 Å². The average Bonchev–Trinajstić information content (AvgIpc) is 2.93. The number of ether oxygens (including phenoxy) is 1. The van der Waals surface area contributed by atoms with Crippen LogP contribution in [-0.2, 0) is 23.4 Å². The number of hydrogen-bond donors (Lipinski definition) is 1. The first-order valence-corrected chi connectivity index (χ1v) is 11.3. The van der Waals surface area contributed by atoms with E-state index >= 15 is 0 Å². The van der Waals surface area contributed by atoms with Crippen molar-refractivity contribution in [3.63, 3.8) is 0 Å². The highest BCUT2D eigenvalue weighted by Gasteiger charge is 2.71. The number of likely N-dealkylation sites (N-methyl/N-ethyl adjacent to an activating group) is 1. The van der Waals surface area contributed by atoms with Crippen LogP contribution in [0.1, 0.15) is 43.9 Å². The summed E-state index contributed by atoms with van der Waals surface area (Å²) in [5, 5.41) is 9.75. The van der Waals surface area contributed by atoms with Crippen molar-refractivity contribution >= 4 is 11.9 Å². The maximum absolute atomic E-state index is 13.3. The minimum Gasteiger partial charge on any atom is -0.457 e. The van der Waals surface area contributed by atoms with Crippen LogP contribution >= 0.6 is 0 Å². The van der Waals surface area contributed by atoms with Crippen LogP contribution in [0, 0.1) is 0 Å². The van der Waals surface area contributed by atoms with Crippen molar-refractivity contribution in [1.82, 2.24) is 9.80 Å². The third kappa shape index (κ3) is 4.98. The summed E-state index contributed by atoms with van der Waals surface area (Å²) in [4.78, 5) is 27.5. The molecule has 1 aliphatic rings. The molecule has 1 heterocycles. The zero-order chi connectivity index (χ0) is 28.0. The highest BCUT2D eigenvalue weighted by atomic mass is 19.4. The third-order valence-electron chi connectivity index (χ3n) is 6.41. The number of halogens is 6. The third-order valence-corrected chi connectivity index (χ3v) is 6.41. The van der Waals surface area contributed by atoms with Gasteiger partial charge in [0.25, 0.3) is 11.5 Å². The van der Waals surface area contributed by atoms with Gasteiger partial charge in [-0.1, -0.05) is 31.5 Å². The van der Waals surface area contributed by atoms with Gasteiger partial charge in [0.15, 0.2) is 0 Å². The largest absolute Gasteiger partial charge is 0.457 e. The number of carbonyl (C=O) groups is 2. The van der Waals surface area contributed by atoms with Crippen molar-refractivity contribution in [2.75, 3.05) is 7.05 Å². The molecule has 0 bridgehead atoms. The van der Waals surface area contributed by atoms with Crippen LogP contribution in [0.15, 0.2) is 42.5 Å². The number of benzene rings is 2. The molecule has 1 saturated heterocycles. The SMILES string of the molecule is CCCc1cc(C(O)(C(F)(F)F)C(F)(F)F)ccc1Oc1cccc(CN2C(=O)N(C)C(C)(C)C2=O)c1.